The number of rotatable bonds is 4. The number of nitrogens with zero attached hydrogens (tertiary/aromatic N) is 1. The topological polar surface area (TPSA) is 29.5 Å². The molecule has 2 fully saturated rings. The number of hydrogen-bond acceptors (Lipinski definition) is 2. The van der Waals surface area contributed by atoms with Gasteiger partial charge in [0.15, 0.2) is 0 Å². The van der Waals surface area contributed by atoms with Crippen molar-refractivity contribution in [2.45, 2.75) is 95.7 Å². The molecular weight excluding hydrogens is 310 g/mol. The van der Waals surface area contributed by atoms with Gasteiger partial charge in [-0.3, -0.25) is 0 Å². The van der Waals surface area contributed by atoms with Gasteiger partial charge in [0.2, 0.25) is 0 Å². The van der Waals surface area contributed by atoms with E-state index in [-0.39, 0.29) is 12.2 Å². The van der Waals surface area contributed by atoms with Gasteiger partial charge in [-0.1, -0.05) is 68.9 Å². The molecule has 0 spiro atoms. The lowest BCUT2D eigenvalue weighted by molar-refractivity contribution is 0.0331. The fourth-order valence-electron chi connectivity index (χ4n) is 4.50. The molecule has 0 aromatic carbocycles. The van der Waals surface area contributed by atoms with Gasteiger partial charge in [-0.15, -0.1) is 0 Å². The van der Waals surface area contributed by atoms with E-state index in [4.69, 9.17) is 4.74 Å². The van der Waals surface area contributed by atoms with Gasteiger partial charge in [0.25, 0.3) is 0 Å². The second-order valence-electron chi connectivity index (χ2n) is 7.78. The third kappa shape index (κ3) is 4.99. The Labute approximate surface area is 152 Å². The Kier molecular flexibility index (Phi) is 6.77. The van der Waals surface area contributed by atoms with Gasteiger partial charge in [-0.2, -0.15) is 0 Å². The highest BCUT2D eigenvalue weighted by Gasteiger charge is 2.34. The van der Waals surface area contributed by atoms with Crippen LogP contribution in [-0.2, 0) is 4.74 Å². The summed E-state index contributed by atoms with van der Waals surface area (Å²) >= 11 is 0. The van der Waals surface area contributed by atoms with Gasteiger partial charge in [0.05, 0.1) is 0 Å². The quantitative estimate of drug-likeness (QED) is 0.634. The lowest BCUT2D eigenvalue weighted by atomic mass is 9.89. The normalized spacial score (nSPS) is 23.6. The first kappa shape index (κ1) is 18.3. The van der Waals surface area contributed by atoms with Crippen LogP contribution in [0.4, 0.5) is 4.79 Å². The van der Waals surface area contributed by atoms with Crippen molar-refractivity contribution in [1.82, 2.24) is 4.90 Å². The van der Waals surface area contributed by atoms with Crippen LogP contribution in [0, 0.1) is 0 Å². The molecule has 3 aliphatic carbocycles. The van der Waals surface area contributed by atoms with Crippen LogP contribution >= 0.6 is 0 Å². The summed E-state index contributed by atoms with van der Waals surface area (Å²) in [5, 5.41) is 0. The number of hydrogen-bond donors (Lipinski definition) is 0. The van der Waals surface area contributed by atoms with Gasteiger partial charge in [-0.05, 0) is 44.6 Å². The Hall–Kier alpha value is -1.51. The number of ether oxygens (including phenoxy) is 1. The summed E-state index contributed by atoms with van der Waals surface area (Å²) in [7, 11) is 0. The summed E-state index contributed by atoms with van der Waals surface area (Å²) in [6.07, 6.45) is 23.1. The maximum absolute atomic E-state index is 13.1. The number of carbonyl (C=O) groups excluding carboxylic acids is 1. The highest BCUT2D eigenvalue weighted by molar-refractivity contribution is 5.69. The summed E-state index contributed by atoms with van der Waals surface area (Å²) in [5.41, 5.74) is 1.17. The van der Waals surface area contributed by atoms with Crippen molar-refractivity contribution < 1.29 is 9.53 Å². The van der Waals surface area contributed by atoms with Crippen molar-refractivity contribution in [3.05, 3.63) is 36.0 Å². The molecule has 3 rings (SSSR count). The molecule has 0 heterocycles. The minimum absolute atomic E-state index is 0.0793. The van der Waals surface area contributed by atoms with E-state index >= 15 is 0 Å². The van der Waals surface area contributed by atoms with Crippen LogP contribution in [0.25, 0.3) is 0 Å². The first-order chi connectivity index (χ1) is 12.3. The van der Waals surface area contributed by atoms with Crippen molar-refractivity contribution >= 4 is 6.09 Å². The van der Waals surface area contributed by atoms with Crippen molar-refractivity contribution in [2.75, 3.05) is 0 Å². The van der Waals surface area contributed by atoms with Crippen LogP contribution in [0.1, 0.15) is 77.6 Å². The molecule has 3 nitrogen and oxygen atoms in total. The smallest absolute Gasteiger partial charge is 0.410 e. The molecule has 3 heteroatoms. The Morgan fingerprint density at radius 2 is 1.56 bits per heavy atom. The summed E-state index contributed by atoms with van der Waals surface area (Å²) in [6, 6.07) is 0.777. The first-order valence-corrected chi connectivity index (χ1v) is 10.3. The molecule has 3 aliphatic rings. The second kappa shape index (κ2) is 9.26. The van der Waals surface area contributed by atoms with E-state index in [1.807, 2.05) is 19.1 Å². The summed E-state index contributed by atoms with van der Waals surface area (Å²) < 4.78 is 5.96. The maximum Gasteiger partial charge on any atom is 0.410 e. The molecular formula is C22H33NO2. The summed E-state index contributed by atoms with van der Waals surface area (Å²) in [5.74, 6) is 0. The minimum Gasteiger partial charge on any atom is -0.442 e. The molecule has 0 N–H and O–H groups in total. The lowest BCUT2D eigenvalue weighted by Crippen LogP contribution is -2.49. The van der Waals surface area contributed by atoms with Crippen LogP contribution in [-0.4, -0.2) is 29.2 Å². The van der Waals surface area contributed by atoms with Gasteiger partial charge >= 0.3 is 6.09 Å². The highest BCUT2D eigenvalue weighted by atomic mass is 16.6. The minimum atomic E-state index is -0.158. The predicted molar refractivity (Wildman–Crippen MR) is 103 cm³/mol. The Morgan fingerprint density at radius 1 is 0.960 bits per heavy atom. The van der Waals surface area contributed by atoms with Crippen LogP contribution in [0.15, 0.2) is 36.0 Å². The molecule has 1 atom stereocenters. The number of allylic oxidation sites excluding steroid dienone is 5. The van der Waals surface area contributed by atoms with Gasteiger partial charge in [-0.25, -0.2) is 4.79 Å². The molecule has 0 saturated heterocycles. The van der Waals surface area contributed by atoms with Crippen LogP contribution < -0.4 is 0 Å². The Bertz CT molecular complexity index is 504. The van der Waals surface area contributed by atoms with Gasteiger partial charge in [0.1, 0.15) is 6.10 Å². The van der Waals surface area contributed by atoms with E-state index in [1.165, 1.54) is 44.1 Å². The molecule has 0 bridgehead atoms. The van der Waals surface area contributed by atoms with E-state index in [1.54, 1.807) is 0 Å². The Morgan fingerprint density at radius 3 is 2.16 bits per heavy atom. The van der Waals surface area contributed by atoms with E-state index < -0.39 is 0 Å². The molecule has 1 amide bonds. The van der Waals surface area contributed by atoms with Crippen LogP contribution in [0.5, 0.6) is 0 Å². The average Bonchev–Trinajstić information content (AvgIpc) is 2.93. The lowest BCUT2D eigenvalue weighted by Gasteiger charge is -2.41. The molecule has 138 valence electrons. The highest BCUT2D eigenvalue weighted by Crippen LogP contribution is 2.31. The fourth-order valence-corrected chi connectivity index (χ4v) is 4.50. The van der Waals surface area contributed by atoms with Crippen LogP contribution in [0.3, 0.4) is 0 Å². The fraction of sp³-hybridized carbons (Fsp3) is 0.682. The molecule has 2 saturated carbocycles. The third-order valence-electron chi connectivity index (χ3n) is 5.97. The average molecular weight is 344 g/mol. The zero-order valence-corrected chi connectivity index (χ0v) is 15.7. The number of carbonyl (C=O) groups is 1. The van der Waals surface area contributed by atoms with Crippen LogP contribution in [0.2, 0.25) is 0 Å². The van der Waals surface area contributed by atoms with Gasteiger partial charge < -0.3 is 9.64 Å². The standard InChI is InChI=1S/C22H33NO2/c1-18(19-12-6-2-3-7-13-19)25-22(24)23(20-14-8-4-9-15-20)21-16-10-5-11-17-21/h2-3,6-7,12,18,20-21H,4-5,8-11,13-17H2,1H3. The summed E-state index contributed by atoms with van der Waals surface area (Å²) in [6.45, 7) is 2.01. The van der Waals surface area contributed by atoms with E-state index in [0.29, 0.717) is 12.1 Å². The molecule has 1 unspecified atom stereocenters. The second-order valence-corrected chi connectivity index (χ2v) is 7.78. The number of amides is 1. The SMILES string of the molecule is CC(OC(=O)N(C1CCCCC1)C1CCCCC1)C1=CC=CC=CC1. The molecule has 0 aromatic rings. The zero-order valence-electron chi connectivity index (χ0n) is 15.7. The molecule has 25 heavy (non-hydrogen) atoms. The van der Waals surface area contributed by atoms with E-state index in [9.17, 15) is 4.79 Å². The summed E-state index contributed by atoms with van der Waals surface area (Å²) in [4.78, 5) is 15.3. The van der Waals surface area contributed by atoms with E-state index in [2.05, 4.69) is 23.1 Å². The largest absolute Gasteiger partial charge is 0.442 e. The molecule has 0 aliphatic heterocycles. The van der Waals surface area contributed by atoms with Crippen molar-refractivity contribution in [3.63, 3.8) is 0 Å². The Balaban J connectivity index is 1.68. The molecule has 0 aromatic heterocycles. The predicted octanol–water partition coefficient (Wildman–Crippen LogP) is 5.92. The third-order valence-corrected chi connectivity index (χ3v) is 5.97. The van der Waals surface area contributed by atoms with Crippen molar-refractivity contribution in [3.8, 4) is 0 Å². The zero-order chi connectivity index (χ0) is 17.5. The maximum atomic E-state index is 13.1. The van der Waals surface area contributed by atoms with Crippen molar-refractivity contribution in [2.24, 2.45) is 0 Å². The first-order valence-electron chi connectivity index (χ1n) is 10.3. The molecule has 0 radical (unpaired) electrons. The van der Waals surface area contributed by atoms with Gasteiger partial charge in [0, 0.05) is 12.1 Å². The van der Waals surface area contributed by atoms with Crippen molar-refractivity contribution in [1.29, 1.82) is 0 Å². The monoisotopic (exact) mass is 343 g/mol. The van der Waals surface area contributed by atoms with E-state index in [0.717, 1.165) is 32.1 Å².